The lowest BCUT2D eigenvalue weighted by Crippen LogP contribution is -2.42. The van der Waals surface area contributed by atoms with Crippen LogP contribution in [0.3, 0.4) is 0 Å². The van der Waals surface area contributed by atoms with E-state index >= 15 is 0 Å². The summed E-state index contributed by atoms with van der Waals surface area (Å²) in [5, 5.41) is -3.84. The van der Waals surface area contributed by atoms with Crippen molar-refractivity contribution in [1.82, 2.24) is 19.5 Å². The summed E-state index contributed by atoms with van der Waals surface area (Å²) in [5.74, 6) is 0.178. The van der Waals surface area contributed by atoms with Gasteiger partial charge in [0.15, 0.2) is 22.3 Å². The van der Waals surface area contributed by atoms with Crippen molar-refractivity contribution in [2.24, 2.45) is 0 Å². The Hall–Kier alpha value is -2.16. The normalized spacial score (nSPS) is 13.8. The second-order valence-corrected chi connectivity index (χ2v) is 9.55. The Morgan fingerprint density at radius 3 is 2.15 bits per heavy atom. The number of imidazole rings is 1. The molecule has 0 amide bonds. The van der Waals surface area contributed by atoms with Crippen molar-refractivity contribution < 1.29 is 45.4 Å². The van der Waals surface area contributed by atoms with Crippen LogP contribution >= 0.6 is 7.60 Å². The molecule has 0 aliphatic heterocycles. The molecule has 0 saturated heterocycles. The number of nitrogens with two attached hydrogens (primary N) is 1. The van der Waals surface area contributed by atoms with Crippen LogP contribution in [0.2, 0.25) is 0 Å². The van der Waals surface area contributed by atoms with Gasteiger partial charge < -0.3 is 29.7 Å². The van der Waals surface area contributed by atoms with Gasteiger partial charge in [0.1, 0.15) is 0 Å². The maximum Gasteiger partial charge on any atom is 0.392 e. The highest BCUT2D eigenvalue weighted by Gasteiger charge is 2.59. The van der Waals surface area contributed by atoms with Gasteiger partial charge in [0.25, 0.3) is 0 Å². The van der Waals surface area contributed by atoms with Gasteiger partial charge in [-0.05, 0) is 13.8 Å². The van der Waals surface area contributed by atoms with Crippen molar-refractivity contribution in [2.45, 2.75) is 57.0 Å². The topological polar surface area (TPSA) is 140 Å². The van der Waals surface area contributed by atoms with E-state index in [1.165, 1.54) is 10.9 Å². The average molecular weight is 508 g/mol. The summed E-state index contributed by atoms with van der Waals surface area (Å²) in [6, 6.07) is -0.0235. The van der Waals surface area contributed by atoms with Crippen molar-refractivity contribution in [3.63, 3.8) is 0 Å². The second kappa shape index (κ2) is 9.24. The van der Waals surface area contributed by atoms with Gasteiger partial charge in [0.05, 0.1) is 25.8 Å². The first kappa shape index (κ1) is 27.1. The fraction of sp³-hybridized carbons (Fsp3) is 0.688. The predicted octanol–water partition coefficient (Wildman–Crippen LogP) is 3.05. The molecule has 188 valence electrons. The molecule has 33 heavy (non-hydrogen) atoms. The van der Waals surface area contributed by atoms with Crippen molar-refractivity contribution in [3.8, 4) is 0 Å². The van der Waals surface area contributed by atoms with E-state index in [2.05, 4.69) is 19.7 Å². The van der Waals surface area contributed by atoms with Crippen LogP contribution in [0.25, 0.3) is 11.2 Å². The number of hydrogen-bond donors (Lipinski definition) is 3. The summed E-state index contributed by atoms with van der Waals surface area (Å²) >= 11 is 0. The number of nitrogens with zero attached hydrogens (tertiary/aromatic N) is 5. The van der Waals surface area contributed by atoms with Crippen molar-refractivity contribution in [3.05, 3.63) is 6.33 Å². The molecule has 0 aliphatic carbocycles. The van der Waals surface area contributed by atoms with Crippen LogP contribution in [-0.4, -0.2) is 66.7 Å². The lowest BCUT2D eigenvalue weighted by molar-refractivity contribution is -0.211. The van der Waals surface area contributed by atoms with Crippen LogP contribution < -0.4 is 10.6 Å². The van der Waals surface area contributed by atoms with Crippen molar-refractivity contribution in [1.29, 1.82) is 0 Å². The van der Waals surface area contributed by atoms with Gasteiger partial charge in [-0.3, -0.25) is 4.57 Å². The number of nitrogen functional groups attached to an aromatic ring is 1. The van der Waals surface area contributed by atoms with E-state index in [0.717, 1.165) is 0 Å². The molecular weight excluding hydrogens is 485 g/mol. The first-order chi connectivity index (χ1) is 14.9. The van der Waals surface area contributed by atoms with Crippen molar-refractivity contribution >= 4 is 30.5 Å². The van der Waals surface area contributed by atoms with E-state index in [4.69, 9.17) is 5.73 Å². The molecule has 0 unspecified atom stereocenters. The quantitative estimate of drug-likeness (QED) is 0.344. The molecule has 2 heterocycles. The molecule has 0 atom stereocenters. The van der Waals surface area contributed by atoms with Crippen LogP contribution in [0.5, 0.6) is 0 Å². The fourth-order valence-electron chi connectivity index (χ4n) is 3.01. The van der Waals surface area contributed by atoms with Crippen molar-refractivity contribution in [2.75, 3.05) is 24.3 Å². The van der Waals surface area contributed by atoms with E-state index in [1.54, 1.807) is 11.9 Å². The highest BCUT2D eigenvalue weighted by Crippen LogP contribution is 2.60. The standard InChI is InChI=1S/C16H23F6N6O4P/c1-9(2)27(3)11-10-12(26-13(23)25-11)28(8-24-10)4-5-32-14(33(29,30)31,6-15(17,18)19)7-16(20,21)22/h8-9H,4-7H2,1-3H3,(H2,23,25,26)(H2,29,30,31). The third-order valence-electron chi connectivity index (χ3n) is 4.76. The molecule has 0 spiro atoms. The maximum atomic E-state index is 13.0. The Labute approximate surface area is 183 Å². The molecule has 10 nitrogen and oxygen atoms in total. The first-order valence-corrected chi connectivity index (χ1v) is 11.0. The third-order valence-corrected chi connectivity index (χ3v) is 6.27. The Morgan fingerprint density at radius 2 is 1.70 bits per heavy atom. The number of halogens is 6. The van der Waals surface area contributed by atoms with Crippen LogP contribution in [-0.2, 0) is 15.8 Å². The number of fused-ring (bicyclic) bond motifs is 1. The van der Waals surface area contributed by atoms with E-state index in [-0.39, 0.29) is 23.2 Å². The summed E-state index contributed by atoms with van der Waals surface area (Å²) in [7, 11) is -4.33. The monoisotopic (exact) mass is 508 g/mol. The lowest BCUT2D eigenvalue weighted by Gasteiger charge is -2.35. The zero-order chi connectivity index (χ0) is 25.4. The summed E-state index contributed by atoms with van der Waals surface area (Å²) in [5.41, 5.74) is 6.08. The molecule has 0 aliphatic rings. The highest BCUT2D eigenvalue weighted by atomic mass is 31.2. The van der Waals surface area contributed by atoms with Gasteiger partial charge >= 0.3 is 19.9 Å². The number of anilines is 2. The number of alkyl halides is 6. The van der Waals surface area contributed by atoms with Crippen LogP contribution in [0, 0.1) is 0 Å². The van der Waals surface area contributed by atoms with Gasteiger partial charge in [0.2, 0.25) is 5.95 Å². The Bertz CT molecular complexity index is 1010. The molecule has 17 heteroatoms. The average Bonchev–Trinajstić information content (AvgIpc) is 2.99. The summed E-state index contributed by atoms with van der Waals surface area (Å²) < 4.78 is 95.4. The second-order valence-electron chi connectivity index (χ2n) is 7.64. The van der Waals surface area contributed by atoms with E-state index in [1.807, 2.05) is 13.8 Å². The number of aromatic nitrogens is 4. The first-order valence-electron chi connectivity index (χ1n) is 9.39. The molecule has 2 rings (SSSR count). The van der Waals surface area contributed by atoms with Gasteiger partial charge in [-0.2, -0.15) is 36.3 Å². The van der Waals surface area contributed by atoms with Crippen LogP contribution in [0.4, 0.5) is 38.1 Å². The minimum absolute atomic E-state index is 0.0235. The highest BCUT2D eigenvalue weighted by molar-refractivity contribution is 7.53. The predicted molar refractivity (Wildman–Crippen MR) is 105 cm³/mol. The molecule has 0 fully saturated rings. The van der Waals surface area contributed by atoms with Crippen LogP contribution in [0.1, 0.15) is 26.7 Å². The van der Waals surface area contributed by atoms with Gasteiger partial charge in [-0.25, -0.2) is 4.98 Å². The number of ether oxygens (including phenoxy) is 1. The maximum absolute atomic E-state index is 13.0. The Kier molecular flexibility index (Phi) is 7.58. The largest absolute Gasteiger partial charge is 0.392 e. The van der Waals surface area contributed by atoms with Gasteiger partial charge in [-0.15, -0.1) is 0 Å². The zero-order valence-corrected chi connectivity index (χ0v) is 18.6. The summed E-state index contributed by atoms with van der Waals surface area (Å²) in [6.45, 7) is 2.38. The fourth-order valence-corrected chi connectivity index (χ4v) is 4.04. The van der Waals surface area contributed by atoms with E-state index < -0.39 is 51.3 Å². The lowest BCUT2D eigenvalue weighted by atomic mass is 10.1. The van der Waals surface area contributed by atoms with Gasteiger partial charge in [-0.1, -0.05) is 0 Å². The SMILES string of the molecule is CC(C)N(C)c1nc(N)nc2c1ncn2CCOC(CC(F)(F)F)(CC(F)(F)F)P(=O)(O)O. The molecule has 0 bridgehead atoms. The molecular formula is C16H23F6N6O4P. The molecule has 4 N–H and O–H groups in total. The molecule has 2 aromatic rings. The summed E-state index contributed by atoms with van der Waals surface area (Å²) in [6.07, 6.45) is -14.5. The van der Waals surface area contributed by atoms with Crippen LogP contribution in [0.15, 0.2) is 6.33 Å². The van der Waals surface area contributed by atoms with Gasteiger partial charge in [0, 0.05) is 19.6 Å². The molecule has 0 radical (unpaired) electrons. The molecule has 0 aromatic carbocycles. The minimum Gasteiger partial charge on any atom is -0.368 e. The third kappa shape index (κ3) is 6.68. The zero-order valence-electron chi connectivity index (χ0n) is 17.7. The van der Waals surface area contributed by atoms with E-state index in [9.17, 15) is 40.7 Å². The number of rotatable bonds is 9. The minimum atomic E-state index is -6.03. The molecule has 2 aromatic heterocycles. The smallest absolute Gasteiger partial charge is 0.368 e. The number of hydrogen-bond acceptors (Lipinski definition) is 7. The Morgan fingerprint density at radius 1 is 1.15 bits per heavy atom. The Balaban J connectivity index is 2.37. The van der Waals surface area contributed by atoms with E-state index in [0.29, 0.717) is 5.82 Å². The summed E-state index contributed by atoms with van der Waals surface area (Å²) in [4.78, 5) is 32.7. The molecule has 0 saturated carbocycles.